The van der Waals surface area contributed by atoms with Gasteiger partial charge in [-0.05, 0) is 57.4 Å². The minimum Gasteiger partial charge on any atom is -0.399 e. The fraction of sp³-hybridized carbons (Fsp3) is 0.133. The van der Waals surface area contributed by atoms with Gasteiger partial charge in [0.05, 0.1) is 5.56 Å². The zero-order valence-electron chi connectivity index (χ0n) is 10.2. The van der Waals surface area contributed by atoms with Crippen LogP contribution in [-0.2, 0) is 13.1 Å². The molecule has 0 radical (unpaired) electrons. The largest absolute Gasteiger partial charge is 0.399 e. The maximum absolute atomic E-state index is 8.94. The highest BCUT2D eigenvalue weighted by Gasteiger charge is 2.19. The number of rotatable bonds is 1. The highest BCUT2D eigenvalue weighted by Crippen LogP contribution is 2.31. The van der Waals surface area contributed by atoms with Gasteiger partial charge >= 0.3 is 0 Å². The topological polar surface area (TPSA) is 53.0 Å². The van der Waals surface area contributed by atoms with Gasteiger partial charge in [0.1, 0.15) is 6.07 Å². The molecule has 0 aromatic heterocycles. The third-order valence-corrected chi connectivity index (χ3v) is 4.05. The molecule has 0 bridgehead atoms. The average molecular weight is 314 g/mol. The normalized spacial score (nSPS) is 13.2. The molecule has 94 valence electrons. The molecular formula is C15H12BrN3. The lowest BCUT2D eigenvalue weighted by molar-refractivity contribution is 0.880. The van der Waals surface area contributed by atoms with E-state index in [-0.39, 0.29) is 0 Å². The molecule has 2 aromatic rings. The van der Waals surface area contributed by atoms with E-state index in [4.69, 9.17) is 11.0 Å². The molecule has 4 heteroatoms. The number of benzene rings is 2. The fourth-order valence-corrected chi connectivity index (χ4v) is 2.84. The molecule has 1 aliphatic rings. The van der Waals surface area contributed by atoms with E-state index in [1.807, 2.05) is 30.3 Å². The van der Waals surface area contributed by atoms with Crippen molar-refractivity contribution in [1.29, 1.82) is 5.26 Å². The van der Waals surface area contributed by atoms with E-state index in [0.717, 1.165) is 28.9 Å². The predicted octanol–water partition coefficient (Wildman–Crippen LogP) is 3.42. The summed E-state index contributed by atoms with van der Waals surface area (Å²) < 4.78 is 0.836. The van der Waals surface area contributed by atoms with Crippen LogP contribution in [-0.4, -0.2) is 0 Å². The van der Waals surface area contributed by atoms with Crippen LogP contribution in [0.2, 0.25) is 0 Å². The van der Waals surface area contributed by atoms with Gasteiger partial charge in [0.15, 0.2) is 0 Å². The van der Waals surface area contributed by atoms with Crippen LogP contribution in [0.4, 0.5) is 11.4 Å². The molecular weight excluding hydrogens is 302 g/mol. The zero-order valence-corrected chi connectivity index (χ0v) is 11.8. The first-order valence-corrected chi connectivity index (χ1v) is 6.78. The first-order valence-electron chi connectivity index (χ1n) is 5.99. The summed E-state index contributed by atoms with van der Waals surface area (Å²) in [5, 5.41) is 8.94. The Morgan fingerprint density at radius 3 is 2.63 bits per heavy atom. The summed E-state index contributed by atoms with van der Waals surface area (Å²) in [6.07, 6.45) is 0. The Balaban J connectivity index is 1.91. The molecule has 2 N–H and O–H groups in total. The number of anilines is 2. The maximum atomic E-state index is 8.94. The third kappa shape index (κ3) is 2.18. The summed E-state index contributed by atoms with van der Waals surface area (Å²) in [4.78, 5) is 2.27. The molecule has 3 rings (SSSR count). The van der Waals surface area contributed by atoms with Crippen molar-refractivity contribution in [1.82, 2.24) is 0 Å². The van der Waals surface area contributed by atoms with E-state index in [9.17, 15) is 0 Å². The van der Waals surface area contributed by atoms with Gasteiger partial charge in [0.25, 0.3) is 0 Å². The number of nitrogens with zero attached hydrogens (tertiary/aromatic N) is 2. The Hall–Kier alpha value is -1.99. The van der Waals surface area contributed by atoms with Gasteiger partial charge in [0, 0.05) is 28.9 Å². The molecule has 0 atom stereocenters. The van der Waals surface area contributed by atoms with Crippen LogP contribution in [0.15, 0.2) is 40.9 Å². The van der Waals surface area contributed by atoms with E-state index in [0.29, 0.717) is 5.56 Å². The van der Waals surface area contributed by atoms with Gasteiger partial charge in [-0.15, -0.1) is 0 Å². The van der Waals surface area contributed by atoms with Gasteiger partial charge in [-0.2, -0.15) is 5.26 Å². The van der Waals surface area contributed by atoms with Crippen molar-refractivity contribution in [2.45, 2.75) is 13.1 Å². The summed E-state index contributed by atoms with van der Waals surface area (Å²) in [5.41, 5.74) is 11.0. The van der Waals surface area contributed by atoms with Crippen molar-refractivity contribution in [3.63, 3.8) is 0 Å². The Labute approximate surface area is 120 Å². The summed E-state index contributed by atoms with van der Waals surface area (Å²) in [7, 11) is 0. The highest BCUT2D eigenvalue weighted by atomic mass is 79.9. The van der Waals surface area contributed by atoms with Gasteiger partial charge in [-0.25, -0.2) is 0 Å². The second-order valence-corrected chi connectivity index (χ2v) is 5.51. The van der Waals surface area contributed by atoms with Gasteiger partial charge in [0.2, 0.25) is 0 Å². The number of halogens is 1. The Kier molecular flexibility index (Phi) is 2.92. The molecule has 0 fully saturated rings. The van der Waals surface area contributed by atoms with Gasteiger partial charge in [-0.3, -0.25) is 0 Å². The molecule has 1 aliphatic heterocycles. The van der Waals surface area contributed by atoms with Crippen LogP contribution >= 0.6 is 15.9 Å². The lowest BCUT2D eigenvalue weighted by Crippen LogP contribution is -2.14. The molecule has 0 unspecified atom stereocenters. The predicted molar refractivity (Wildman–Crippen MR) is 79.6 cm³/mol. The smallest absolute Gasteiger partial charge is 0.100 e. The first kappa shape index (κ1) is 12.1. The van der Waals surface area contributed by atoms with Crippen molar-refractivity contribution >= 4 is 27.3 Å². The van der Waals surface area contributed by atoms with E-state index >= 15 is 0 Å². The quantitative estimate of drug-likeness (QED) is 0.821. The number of fused-ring (bicyclic) bond motifs is 1. The van der Waals surface area contributed by atoms with Crippen LogP contribution < -0.4 is 10.6 Å². The van der Waals surface area contributed by atoms with Crippen LogP contribution in [0.1, 0.15) is 16.7 Å². The van der Waals surface area contributed by atoms with Crippen molar-refractivity contribution in [2.24, 2.45) is 0 Å². The molecule has 0 spiro atoms. The lowest BCUT2D eigenvalue weighted by atomic mass is 10.1. The van der Waals surface area contributed by atoms with E-state index in [2.05, 4.69) is 33.0 Å². The maximum Gasteiger partial charge on any atom is 0.100 e. The summed E-state index contributed by atoms with van der Waals surface area (Å²) >= 11 is 3.43. The number of nitriles is 1. The third-order valence-electron chi connectivity index (χ3n) is 3.39. The summed E-state index contributed by atoms with van der Waals surface area (Å²) in [5.74, 6) is 0. The molecule has 0 saturated heterocycles. The number of nitrogens with two attached hydrogens (primary N) is 1. The van der Waals surface area contributed by atoms with Crippen molar-refractivity contribution in [2.75, 3.05) is 10.6 Å². The van der Waals surface area contributed by atoms with Crippen LogP contribution in [0.5, 0.6) is 0 Å². The molecule has 3 nitrogen and oxygen atoms in total. The SMILES string of the molecule is N#Cc1ccc(N2Cc3ccc(N)cc3C2)cc1Br. The van der Waals surface area contributed by atoms with Crippen molar-refractivity contribution in [3.05, 3.63) is 57.6 Å². The lowest BCUT2D eigenvalue weighted by Gasteiger charge is -2.18. The van der Waals surface area contributed by atoms with Crippen LogP contribution in [0, 0.1) is 11.3 Å². The molecule has 19 heavy (non-hydrogen) atoms. The number of nitrogen functional groups attached to an aromatic ring is 1. The fourth-order valence-electron chi connectivity index (χ4n) is 2.39. The molecule has 0 saturated carbocycles. The molecule has 0 amide bonds. The molecule has 1 heterocycles. The second kappa shape index (κ2) is 4.60. The monoisotopic (exact) mass is 313 g/mol. The van der Waals surface area contributed by atoms with Crippen LogP contribution in [0.25, 0.3) is 0 Å². The minimum absolute atomic E-state index is 0.657. The van der Waals surface area contributed by atoms with Gasteiger partial charge < -0.3 is 10.6 Å². The standard InChI is InChI=1S/C15H12BrN3/c16-15-6-14(4-2-10(15)7-17)19-8-11-1-3-13(18)5-12(11)9-19/h1-6H,8-9,18H2. The zero-order chi connectivity index (χ0) is 13.4. The van der Waals surface area contributed by atoms with E-state index in [1.54, 1.807) is 0 Å². The minimum atomic E-state index is 0.657. The van der Waals surface area contributed by atoms with Crippen molar-refractivity contribution < 1.29 is 0 Å². The Morgan fingerprint density at radius 2 is 1.89 bits per heavy atom. The van der Waals surface area contributed by atoms with Crippen molar-refractivity contribution in [3.8, 4) is 6.07 Å². The molecule has 0 aliphatic carbocycles. The Bertz CT molecular complexity index is 688. The highest BCUT2D eigenvalue weighted by molar-refractivity contribution is 9.10. The number of hydrogen-bond donors (Lipinski definition) is 1. The average Bonchev–Trinajstić information content (AvgIpc) is 2.81. The van der Waals surface area contributed by atoms with E-state index < -0.39 is 0 Å². The summed E-state index contributed by atoms with van der Waals surface area (Å²) in [6, 6.07) is 14.0. The first-order chi connectivity index (χ1) is 9.17. The number of hydrogen-bond acceptors (Lipinski definition) is 3. The second-order valence-electron chi connectivity index (χ2n) is 4.66. The van der Waals surface area contributed by atoms with E-state index in [1.165, 1.54) is 11.1 Å². The molecule has 2 aromatic carbocycles. The van der Waals surface area contributed by atoms with Gasteiger partial charge in [-0.1, -0.05) is 6.07 Å². The summed E-state index contributed by atoms with van der Waals surface area (Å²) in [6.45, 7) is 1.74. The van der Waals surface area contributed by atoms with Crippen LogP contribution in [0.3, 0.4) is 0 Å². The Morgan fingerprint density at radius 1 is 1.11 bits per heavy atom.